The van der Waals surface area contributed by atoms with Gasteiger partial charge in [0.15, 0.2) is 0 Å². The molecule has 0 bridgehead atoms. The molecule has 178 valence electrons. The Morgan fingerprint density at radius 1 is 1.00 bits per heavy atom. The summed E-state index contributed by atoms with van der Waals surface area (Å²) in [7, 11) is 0. The normalized spacial score (nSPS) is 18.9. The van der Waals surface area contributed by atoms with Gasteiger partial charge in [-0.05, 0) is 67.3 Å². The number of para-hydroxylation sites is 1. The minimum atomic E-state index is -1.23. The number of benzene rings is 3. The molecule has 7 heteroatoms. The standard InChI is InChI=1S/C28H27N3O3S/c1-4-20-9-11-21(12-10-20)29-25(32)16-30-24-8-6-5-7-23(24)28(27(30)34)31(26(33)17-35-28)22-14-18(2)13-19(3)15-22/h5-15H,4,16-17H2,1-3H3,(H,29,32)/t28-/m0/s1. The van der Waals surface area contributed by atoms with E-state index in [-0.39, 0.29) is 30.0 Å². The van der Waals surface area contributed by atoms with E-state index in [1.165, 1.54) is 22.2 Å². The molecule has 1 spiro atoms. The maximum Gasteiger partial charge on any atom is 0.269 e. The van der Waals surface area contributed by atoms with Gasteiger partial charge in [-0.25, -0.2) is 0 Å². The monoisotopic (exact) mass is 485 g/mol. The molecule has 1 saturated heterocycles. The van der Waals surface area contributed by atoms with Gasteiger partial charge in [-0.3, -0.25) is 24.2 Å². The van der Waals surface area contributed by atoms with Crippen molar-refractivity contribution in [2.24, 2.45) is 0 Å². The first-order chi connectivity index (χ1) is 16.8. The van der Waals surface area contributed by atoms with E-state index in [0.717, 1.165) is 23.1 Å². The van der Waals surface area contributed by atoms with Crippen LogP contribution in [0.5, 0.6) is 0 Å². The van der Waals surface area contributed by atoms with Crippen molar-refractivity contribution in [1.29, 1.82) is 0 Å². The summed E-state index contributed by atoms with van der Waals surface area (Å²) in [6, 6.07) is 21.0. The Balaban J connectivity index is 1.50. The zero-order valence-corrected chi connectivity index (χ0v) is 20.8. The number of aryl methyl sites for hydroxylation is 3. The Hall–Kier alpha value is -3.58. The van der Waals surface area contributed by atoms with Crippen LogP contribution in [0.15, 0.2) is 66.7 Å². The van der Waals surface area contributed by atoms with E-state index in [1.54, 1.807) is 4.90 Å². The van der Waals surface area contributed by atoms with Crippen molar-refractivity contribution in [3.05, 3.63) is 89.0 Å². The lowest BCUT2D eigenvalue weighted by molar-refractivity contribution is -0.124. The predicted octanol–water partition coefficient (Wildman–Crippen LogP) is 4.78. The summed E-state index contributed by atoms with van der Waals surface area (Å²) >= 11 is 1.32. The second-order valence-corrected chi connectivity index (χ2v) is 10.2. The van der Waals surface area contributed by atoms with Gasteiger partial charge in [0.05, 0.1) is 11.4 Å². The van der Waals surface area contributed by atoms with Crippen LogP contribution in [0.1, 0.15) is 29.2 Å². The minimum Gasteiger partial charge on any atom is -0.325 e. The van der Waals surface area contributed by atoms with Crippen LogP contribution < -0.4 is 15.1 Å². The maximum absolute atomic E-state index is 14.1. The molecule has 1 fully saturated rings. The van der Waals surface area contributed by atoms with Gasteiger partial charge in [0.25, 0.3) is 5.91 Å². The minimum absolute atomic E-state index is 0.120. The largest absolute Gasteiger partial charge is 0.325 e. The molecule has 0 aromatic heterocycles. The Morgan fingerprint density at radius 2 is 1.69 bits per heavy atom. The van der Waals surface area contributed by atoms with Crippen molar-refractivity contribution in [2.75, 3.05) is 27.4 Å². The van der Waals surface area contributed by atoms with Crippen molar-refractivity contribution in [1.82, 2.24) is 0 Å². The first-order valence-electron chi connectivity index (χ1n) is 11.7. The van der Waals surface area contributed by atoms with Gasteiger partial charge in [0.2, 0.25) is 16.7 Å². The molecule has 5 rings (SSSR count). The molecule has 1 atom stereocenters. The molecule has 3 aromatic carbocycles. The Bertz CT molecular complexity index is 1320. The van der Waals surface area contributed by atoms with Crippen LogP contribution >= 0.6 is 11.8 Å². The van der Waals surface area contributed by atoms with E-state index in [9.17, 15) is 14.4 Å². The summed E-state index contributed by atoms with van der Waals surface area (Å²) < 4.78 is 0. The first kappa shape index (κ1) is 23.2. The molecule has 0 radical (unpaired) electrons. The van der Waals surface area contributed by atoms with E-state index in [4.69, 9.17) is 0 Å². The maximum atomic E-state index is 14.1. The van der Waals surface area contributed by atoms with Crippen LogP contribution in [0.4, 0.5) is 17.1 Å². The number of fused-ring (bicyclic) bond motifs is 2. The van der Waals surface area contributed by atoms with Crippen LogP contribution in [0.3, 0.4) is 0 Å². The van der Waals surface area contributed by atoms with Crippen molar-refractivity contribution in [3.8, 4) is 0 Å². The van der Waals surface area contributed by atoms with Gasteiger partial charge in [-0.1, -0.05) is 43.3 Å². The summed E-state index contributed by atoms with van der Waals surface area (Å²) in [6.07, 6.45) is 0.919. The molecule has 2 heterocycles. The summed E-state index contributed by atoms with van der Waals surface area (Å²) in [4.78, 5) is 42.2. The number of carbonyl (C=O) groups excluding carboxylic acids is 3. The molecular weight excluding hydrogens is 458 g/mol. The Labute approximate surface area is 209 Å². The van der Waals surface area contributed by atoms with Crippen LogP contribution in [0.2, 0.25) is 0 Å². The summed E-state index contributed by atoms with van der Waals surface area (Å²) in [6.45, 7) is 5.89. The SMILES string of the molecule is CCc1ccc(NC(=O)CN2C(=O)[C@@]3(SCC(=O)N3c3cc(C)cc(C)c3)c3ccccc32)cc1. The van der Waals surface area contributed by atoms with Crippen LogP contribution in [-0.2, 0) is 25.7 Å². The molecule has 0 unspecified atom stereocenters. The molecule has 0 aliphatic carbocycles. The topological polar surface area (TPSA) is 69.7 Å². The molecule has 3 amide bonds. The molecule has 2 aliphatic rings. The average Bonchev–Trinajstić information content (AvgIpc) is 3.30. The predicted molar refractivity (Wildman–Crippen MR) is 141 cm³/mol. The number of nitrogens with one attached hydrogen (secondary N) is 1. The molecule has 35 heavy (non-hydrogen) atoms. The summed E-state index contributed by atoms with van der Waals surface area (Å²) in [5.41, 5.74) is 5.99. The van der Waals surface area contributed by atoms with E-state index >= 15 is 0 Å². The second kappa shape index (κ2) is 8.89. The van der Waals surface area contributed by atoms with Crippen LogP contribution in [0.25, 0.3) is 0 Å². The van der Waals surface area contributed by atoms with Crippen molar-refractivity contribution >= 4 is 46.5 Å². The molecule has 2 aliphatic heterocycles. The Morgan fingerprint density at radius 3 is 2.37 bits per heavy atom. The smallest absolute Gasteiger partial charge is 0.269 e. The first-order valence-corrected chi connectivity index (χ1v) is 12.7. The highest BCUT2D eigenvalue weighted by Crippen LogP contribution is 2.55. The number of thioether (sulfide) groups is 1. The number of amides is 3. The van der Waals surface area contributed by atoms with Crippen molar-refractivity contribution < 1.29 is 14.4 Å². The van der Waals surface area contributed by atoms with Crippen molar-refractivity contribution in [2.45, 2.75) is 32.1 Å². The van der Waals surface area contributed by atoms with E-state index in [2.05, 4.69) is 12.2 Å². The summed E-state index contributed by atoms with van der Waals surface area (Å²) in [5, 5.41) is 2.90. The highest BCUT2D eigenvalue weighted by molar-refractivity contribution is 8.02. The van der Waals surface area contributed by atoms with E-state index in [1.807, 2.05) is 80.6 Å². The number of hydrogen-bond acceptors (Lipinski definition) is 4. The highest BCUT2D eigenvalue weighted by atomic mass is 32.2. The van der Waals surface area contributed by atoms with Gasteiger partial charge in [-0.2, -0.15) is 0 Å². The van der Waals surface area contributed by atoms with Gasteiger partial charge in [0.1, 0.15) is 6.54 Å². The molecule has 6 nitrogen and oxygen atoms in total. The van der Waals surface area contributed by atoms with Crippen LogP contribution in [0, 0.1) is 13.8 Å². The third-order valence-electron chi connectivity index (χ3n) is 6.48. The van der Waals surface area contributed by atoms with Crippen LogP contribution in [-0.4, -0.2) is 30.0 Å². The average molecular weight is 486 g/mol. The van der Waals surface area contributed by atoms with Gasteiger partial charge in [-0.15, -0.1) is 11.8 Å². The number of hydrogen-bond donors (Lipinski definition) is 1. The van der Waals surface area contributed by atoms with Gasteiger partial charge in [0, 0.05) is 16.9 Å². The number of carbonyl (C=O) groups is 3. The van der Waals surface area contributed by atoms with Gasteiger partial charge < -0.3 is 5.32 Å². The molecule has 1 N–H and O–H groups in total. The van der Waals surface area contributed by atoms with E-state index in [0.29, 0.717) is 17.1 Å². The fourth-order valence-electron chi connectivity index (χ4n) is 4.96. The van der Waals surface area contributed by atoms with E-state index < -0.39 is 4.87 Å². The fraction of sp³-hybridized carbons (Fsp3) is 0.250. The van der Waals surface area contributed by atoms with Crippen molar-refractivity contribution in [3.63, 3.8) is 0 Å². The zero-order valence-electron chi connectivity index (χ0n) is 20.0. The molecule has 3 aromatic rings. The Kier molecular flexibility index (Phi) is 5.89. The summed E-state index contributed by atoms with van der Waals surface area (Å²) in [5.74, 6) is -0.492. The third kappa shape index (κ3) is 3.90. The number of rotatable bonds is 5. The lowest BCUT2D eigenvalue weighted by Crippen LogP contribution is -2.51. The quantitative estimate of drug-likeness (QED) is 0.565. The second-order valence-electron chi connectivity index (χ2n) is 9.01. The van der Waals surface area contributed by atoms with Gasteiger partial charge >= 0.3 is 0 Å². The fourth-order valence-corrected chi connectivity index (χ4v) is 6.32. The highest BCUT2D eigenvalue weighted by Gasteiger charge is 2.61. The third-order valence-corrected chi connectivity index (χ3v) is 7.86. The molecule has 0 saturated carbocycles. The number of nitrogens with zero attached hydrogens (tertiary/aromatic N) is 2. The lowest BCUT2D eigenvalue weighted by atomic mass is 10.0. The molecular formula is C28H27N3O3S. The number of anilines is 3. The zero-order chi connectivity index (χ0) is 24.7. The lowest BCUT2D eigenvalue weighted by Gasteiger charge is -2.33.